The molecule has 5 rings (SSSR count). The van der Waals surface area contributed by atoms with Crippen molar-refractivity contribution in [1.82, 2.24) is 29.9 Å². The molecule has 0 saturated carbocycles. The summed E-state index contributed by atoms with van der Waals surface area (Å²) in [6.07, 6.45) is -4.82. The summed E-state index contributed by atoms with van der Waals surface area (Å²) in [5, 5.41) is 8.84. The summed E-state index contributed by atoms with van der Waals surface area (Å²) in [7, 11) is 0. The highest BCUT2D eigenvalue weighted by Gasteiger charge is 2.32. The number of piperazine rings is 1. The quantitative estimate of drug-likeness (QED) is 0.170. The molecule has 0 radical (unpaired) electrons. The summed E-state index contributed by atoms with van der Waals surface area (Å²) >= 11 is 1.29. The summed E-state index contributed by atoms with van der Waals surface area (Å²) in [5.74, 6) is -0.842. The fourth-order valence-electron chi connectivity index (χ4n) is 4.49. The zero-order chi connectivity index (χ0) is 29.1. The van der Waals surface area contributed by atoms with Gasteiger partial charge < -0.3 is 14.5 Å². The number of nitrogens with zero attached hydrogens (tertiary/aromatic N) is 7. The Morgan fingerprint density at radius 3 is 2.27 bits per heavy atom. The number of anilines is 1. The summed E-state index contributed by atoms with van der Waals surface area (Å²) < 4.78 is 57.5. The van der Waals surface area contributed by atoms with Gasteiger partial charge >= 0.3 is 6.36 Å². The first-order chi connectivity index (χ1) is 19.6. The van der Waals surface area contributed by atoms with Crippen LogP contribution in [0.1, 0.15) is 27.6 Å². The third-order valence-electron chi connectivity index (χ3n) is 6.34. The average Bonchev–Trinajstić information content (AvgIpc) is 3.35. The van der Waals surface area contributed by atoms with Crippen molar-refractivity contribution in [3.63, 3.8) is 0 Å². The predicted octanol–water partition coefficient (Wildman–Crippen LogP) is 4.97. The van der Waals surface area contributed by atoms with Crippen molar-refractivity contribution in [3.05, 3.63) is 83.2 Å². The molecule has 0 N–H and O–H groups in total. The van der Waals surface area contributed by atoms with Crippen molar-refractivity contribution in [2.75, 3.05) is 31.1 Å². The highest BCUT2D eigenvalue weighted by Crippen LogP contribution is 2.28. The summed E-state index contributed by atoms with van der Waals surface area (Å²) in [4.78, 5) is 26.0. The Labute approximate surface area is 237 Å². The van der Waals surface area contributed by atoms with Gasteiger partial charge in [-0.15, -0.1) is 18.3 Å². The summed E-state index contributed by atoms with van der Waals surface area (Å²) in [6, 6.07) is 13.5. The number of hydrogen-bond donors (Lipinski definition) is 0. The van der Waals surface area contributed by atoms with Crippen molar-refractivity contribution in [1.29, 1.82) is 0 Å². The lowest BCUT2D eigenvalue weighted by molar-refractivity contribution is -0.274. The number of carbonyl (C=O) groups excluding carboxylic acids is 1. The van der Waals surface area contributed by atoms with E-state index in [9.17, 15) is 22.4 Å². The smallest absolute Gasteiger partial charge is 0.406 e. The van der Waals surface area contributed by atoms with Crippen LogP contribution in [-0.4, -0.2) is 68.3 Å². The lowest BCUT2D eigenvalue weighted by atomic mass is 10.2. The van der Waals surface area contributed by atoms with Crippen molar-refractivity contribution in [3.8, 4) is 11.4 Å². The first kappa shape index (κ1) is 28.3. The van der Waals surface area contributed by atoms with Gasteiger partial charge in [0.1, 0.15) is 11.6 Å². The van der Waals surface area contributed by atoms with Gasteiger partial charge in [-0.25, -0.2) is 19.0 Å². The molecule has 0 spiro atoms. The van der Waals surface area contributed by atoms with Crippen LogP contribution in [0.4, 0.5) is 23.2 Å². The Kier molecular flexibility index (Phi) is 8.10. The fraction of sp³-hybridized carbons (Fsp3) is 0.296. The maximum Gasteiger partial charge on any atom is 0.573 e. The molecule has 1 amide bonds. The van der Waals surface area contributed by atoms with E-state index in [1.807, 2.05) is 24.8 Å². The molecule has 1 fully saturated rings. The Hall–Kier alpha value is -4.20. The van der Waals surface area contributed by atoms with Crippen LogP contribution in [0.2, 0.25) is 0 Å². The van der Waals surface area contributed by atoms with Gasteiger partial charge in [-0.3, -0.25) is 4.79 Å². The monoisotopic (exact) mass is 587 g/mol. The van der Waals surface area contributed by atoms with E-state index in [1.54, 1.807) is 23.1 Å². The zero-order valence-electron chi connectivity index (χ0n) is 22.1. The van der Waals surface area contributed by atoms with Crippen LogP contribution in [0, 0.1) is 19.7 Å². The second-order valence-corrected chi connectivity index (χ2v) is 10.2. The van der Waals surface area contributed by atoms with Crippen LogP contribution in [0.25, 0.3) is 5.69 Å². The van der Waals surface area contributed by atoms with Gasteiger partial charge in [0.15, 0.2) is 10.9 Å². The number of hydrogen-bond acceptors (Lipinski definition) is 8. The molecular weight excluding hydrogens is 562 g/mol. The number of aryl methyl sites for hydroxylation is 2. The van der Waals surface area contributed by atoms with Crippen LogP contribution < -0.4 is 9.64 Å². The minimum atomic E-state index is -4.82. The van der Waals surface area contributed by atoms with E-state index < -0.39 is 6.36 Å². The average molecular weight is 588 g/mol. The minimum Gasteiger partial charge on any atom is -0.406 e. The molecule has 14 heteroatoms. The lowest BCUT2D eigenvalue weighted by Gasteiger charge is -2.36. The number of aromatic nitrogens is 5. The number of rotatable bonds is 7. The van der Waals surface area contributed by atoms with Crippen LogP contribution in [0.5, 0.6) is 5.75 Å². The van der Waals surface area contributed by atoms with E-state index >= 15 is 0 Å². The van der Waals surface area contributed by atoms with E-state index in [4.69, 9.17) is 0 Å². The summed E-state index contributed by atoms with van der Waals surface area (Å²) in [6.45, 7) is 5.26. The van der Waals surface area contributed by atoms with E-state index in [1.165, 1.54) is 34.6 Å². The molecule has 214 valence electrons. The van der Waals surface area contributed by atoms with Gasteiger partial charge in [0.25, 0.3) is 5.91 Å². The van der Waals surface area contributed by atoms with Crippen molar-refractivity contribution in [2.45, 2.75) is 31.1 Å². The van der Waals surface area contributed by atoms with Crippen LogP contribution in [-0.2, 0) is 5.75 Å². The molecule has 0 aliphatic carbocycles. The molecule has 1 aliphatic heterocycles. The highest BCUT2D eigenvalue weighted by molar-refractivity contribution is 7.98. The molecule has 9 nitrogen and oxygen atoms in total. The summed E-state index contributed by atoms with van der Waals surface area (Å²) in [5.41, 5.74) is 2.99. The molecule has 4 aromatic rings. The molecule has 0 atom stereocenters. The number of halogens is 4. The molecular formula is C27H25F4N7O2S. The molecule has 1 aliphatic rings. The minimum absolute atomic E-state index is 0.108. The number of alkyl halides is 3. The van der Waals surface area contributed by atoms with E-state index in [0.29, 0.717) is 48.4 Å². The van der Waals surface area contributed by atoms with E-state index in [-0.39, 0.29) is 28.9 Å². The number of carbonyl (C=O) groups is 1. The molecule has 3 heterocycles. The van der Waals surface area contributed by atoms with E-state index in [2.05, 4.69) is 25.0 Å². The topological polar surface area (TPSA) is 89.3 Å². The van der Waals surface area contributed by atoms with Crippen molar-refractivity contribution in [2.24, 2.45) is 0 Å². The van der Waals surface area contributed by atoms with Crippen molar-refractivity contribution < 1.29 is 27.1 Å². The van der Waals surface area contributed by atoms with Gasteiger partial charge in [-0.1, -0.05) is 29.1 Å². The van der Waals surface area contributed by atoms with Gasteiger partial charge in [-0.2, -0.15) is 0 Å². The fourth-order valence-corrected chi connectivity index (χ4v) is 5.43. The standard InChI is InChI=1S/C27H25F4N7O2S/c1-17-15-18(2)33-26(32-17)41-16-23-24(34-35-38(23)19-7-9-20(10-8-19)40-27(29,30)31)25(39)37-13-11-36(12-14-37)22-6-4-3-5-21(22)28/h3-10,15H,11-14,16H2,1-2H3. The molecule has 0 unspecified atom stereocenters. The Balaban J connectivity index is 1.40. The first-order valence-electron chi connectivity index (χ1n) is 12.6. The third kappa shape index (κ3) is 6.76. The number of ether oxygens (including phenoxy) is 1. The molecule has 2 aromatic carbocycles. The van der Waals surface area contributed by atoms with Crippen LogP contribution >= 0.6 is 11.8 Å². The van der Waals surface area contributed by atoms with Gasteiger partial charge in [0, 0.05) is 43.3 Å². The van der Waals surface area contributed by atoms with Crippen LogP contribution in [0.3, 0.4) is 0 Å². The zero-order valence-corrected chi connectivity index (χ0v) is 22.9. The number of para-hydroxylation sites is 1. The van der Waals surface area contributed by atoms with E-state index in [0.717, 1.165) is 23.5 Å². The Morgan fingerprint density at radius 1 is 0.976 bits per heavy atom. The number of benzene rings is 2. The Bertz CT molecular complexity index is 1520. The largest absolute Gasteiger partial charge is 0.573 e. The molecule has 1 saturated heterocycles. The molecule has 0 bridgehead atoms. The molecule has 2 aromatic heterocycles. The van der Waals surface area contributed by atoms with Gasteiger partial charge in [0.05, 0.1) is 17.1 Å². The lowest BCUT2D eigenvalue weighted by Crippen LogP contribution is -2.49. The van der Waals surface area contributed by atoms with Crippen LogP contribution in [0.15, 0.2) is 59.8 Å². The maximum absolute atomic E-state index is 14.3. The number of amides is 1. The highest BCUT2D eigenvalue weighted by atomic mass is 32.2. The SMILES string of the molecule is Cc1cc(C)nc(SCc2c(C(=O)N3CCN(c4ccccc4F)CC3)nnn2-c2ccc(OC(F)(F)F)cc2)n1. The normalized spacial score (nSPS) is 13.9. The second kappa shape index (κ2) is 11.7. The predicted molar refractivity (Wildman–Crippen MR) is 144 cm³/mol. The van der Waals surface area contributed by atoms with Crippen molar-refractivity contribution >= 4 is 23.4 Å². The second-order valence-electron chi connectivity index (χ2n) is 9.29. The third-order valence-corrected chi connectivity index (χ3v) is 7.20. The Morgan fingerprint density at radius 2 is 1.63 bits per heavy atom. The van der Waals surface area contributed by atoms with Gasteiger partial charge in [-0.05, 0) is 56.3 Å². The maximum atomic E-state index is 14.3. The van der Waals surface area contributed by atoms with Gasteiger partial charge in [0.2, 0.25) is 0 Å². The molecule has 41 heavy (non-hydrogen) atoms. The number of thioether (sulfide) groups is 1. The first-order valence-corrected chi connectivity index (χ1v) is 13.6.